The molecule has 0 radical (unpaired) electrons. The lowest BCUT2D eigenvalue weighted by Gasteiger charge is -2.09. The Morgan fingerprint density at radius 2 is 1.65 bits per heavy atom. The van der Waals surface area contributed by atoms with Crippen molar-refractivity contribution in [2.75, 3.05) is 5.32 Å². The predicted molar refractivity (Wildman–Crippen MR) is 87.7 cm³/mol. The van der Waals surface area contributed by atoms with E-state index in [0.717, 1.165) is 0 Å². The van der Waals surface area contributed by atoms with Crippen molar-refractivity contribution < 1.29 is 27.2 Å². The molecule has 0 unspecified atom stereocenters. The molecule has 138 valence electrons. The van der Waals surface area contributed by atoms with Crippen LogP contribution in [0.3, 0.4) is 0 Å². The largest absolute Gasteiger partial charge is 0.471 e. The van der Waals surface area contributed by atoms with Gasteiger partial charge in [0.25, 0.3) is 0 Å². The van der Waals surface area contributed by atoms with Gasteiger partial charge in [-0.1, -0.05) is 24.3 Å². The quantitative estimate of drug-likeness (QED) is 0.766. The highest BCUT2D eigenvalue weighted by molar-refractivity contribution is 5.94. The summed E-state index contributed by atoms with van der Waals surface area (Å²) in [6.45, 7) is 0.190. The molecule has 0 saturated heterocycles. The fourth-order valence-electron chi connectivity index (χ4n) is 2.15. The minimum Gasteiger partial charge on any atom is -0.352 e. The van der Waals surface area contributed by atoms with Gasteiger partial charge in [-0.3, -0.25) is 9.59 Å². The van der Waals surface area contributed by atoms with E-state index in [1.54, 1.807) is 17.4 Å². The molecule has 4 nitrogen and oxygen atoms in total. The molecule has 26 heavy (non-hydrogen) atoms. The Morgan fingerprint density at radius 3 is 2.27 bits per heavy atom. The minimum absolute atomic E-state index is 0.00788. The van der Waals surface area contributed by atoms with Crippen LogP contribution in [0.4, 0.5) is 23.2 Å². The summed E-state index contributed by atoms with van der Waals surface area (Å²) in [6, 6.07) is 11.6. The molecule has 2 N–H and O–H groups in total. The SMILES string of the molecule is O=C(CCc1cccc(F)c1)NCc1ccc(NC(=O)C(F)(F)F)cc1. The highest BCUT2D eigenvalue weighted by Crippen LogP contribution is 2.18. The van der Waals surface area contributed by atoms with Crippen molar-refractivity contribution >= 4 is 17.5 Å². The second kappa shape index (κ2) is 8.46. The van der Waals surface area contributed by atoms with Crippen LogP contribution in [0.1, 0.15) is 17.5 Å². The van der Waals surface area contributed by atoms with Gasteiger partial charge >= 0.3 is 12.1 Å². The van der Waals surface area contributed by atoms with E-state index in [1.165, 1.54) is 36.4 Å². The first kappa shape index (κ1) is 19.4. The van der Waals surface area contributed by atoms with Gasteiger partial charge in [0, 0.05) is 18.7 Å². The molecule has 0 aromatic heterocycles. The number of halogens is 4. The van der Waals surface area contributed by atoms with Crippen LogP contribution in [0, 0.1) is 5.82 Å². The first-order valence-corrected chi connectivity index (χ1v) is 7.72. The highest BCUT2D eigenvalue weighted by Gasteiger charge is 2.38. The molecular weight excluding hydrogens is 352 g/mol. The molecule has 0 heterocycles. The first-order chi connectivity index (χ1) is 12.2. The molecule has 0 atom stereocenters. The van der Waals surface area contributed by atoms with E-state index < -0.39 is 12.1 Å². The van der Waals surface area contributed by atoms with E-state index in [1.807, 2.05) is 0 Å². The number of carbonyl (C=O) groups is 2. The van der Waals surface area contributed by atoms with Crippen LogP contribution in [0.25, 0.3) is 0 Å². The van der Waals surface area contributed by atoms with E-state index in [9.17, 15) is 27.2 Å². The van der Waals surface area contributed by atoms with Crippen LogP contribution < -0.4 is 10.6 Å². The Kier molecular flexibility index (Phi) is 6.32. The van der Waals surface area contributed by atoms with E-state index in [0.29, 0.717) is 17.5 Å². The fourth-order valence-corrected chi connectivity index (χ4v) is 2.15. The first-order valence-electron chi connectivity index (χ1n) is 7.72. The monoisotopic (exact) mass is 368 g/mol. The average molecular weight is 368 g/mol. The normalized spacial score (nSPS) is 11.1. The summed E-state index contributed by atoms with van der Waals surface area (Å²) in [6.07, 6.45) is -4.37. The zero-order valence-corrected chi connectivity index (χ0v) is 13.6. The molecule has 2 aromatic carbocycles. The molecule has 0 fully saturated rings. The number of benzene rings is 2. The third-order valence-corrected chi connectivity index (χ3v) is 3.49. The molecule has 0 spiro atoms. The molecule has 0 bridgehead atoms. The molecule has 0 aliphatic rings. The molecule has 0 aliphatic heterocycles. The van der Waals surface area contributed by atoms with E-state index >= 15 is 0 Å². The molecule has 2 aromatic rings. The topological polar surface area (TPSA) is 58.2 Å². The van der Waals surface area contributed by atoms with Crippen molar-refractivity contribution in [2.24, 2.45) is 0 Å². The number of nitrogens with one attached hydrogen (secondary N) is 2. The average Bonchev–Trinajstić information content (AvgIpc) is 2.58. The van der Waals surface area contributed by atoms with Gasteiger partial charge in [-0.05, 0) is 41.8 Å². The summed E-state index contributed by atoms with van der Waals surface area (Å²) in [5.74, 6) is -2.64. The smallest absolute Gasteiger partial charge is 0.352 e. The predicted octanol–water partition coefficient (Wildman–Crippen LogP) is 3.58. The van der Waals surface area contributed by atoms with Crippen LogP contribution in [0.2, 0.25) is 0 Å². The molecule has 0 aliphatic carbocycles. The Hall–Kier alpha value is -2.90. The summed E-state index contributed by atoms with van der Waals surface area (Å²) >= 11 is 0. The third kappa shape index (κ3) is 6.19. The van der Waals surface area contributed by atoms with Crippen molar-refractivity contribution in [3.8, 4) is 0 Å². The van der Waals surface area contributed by atoms with Gasteiger partial charge in [-0.15, -0.1) is 0 Å². The van der Waals surface area contributed by atoms with Gasteiger partial charge < -0.3 is 10.6 Å². The molecule has 8 heteroatoms. The van der Waals surface area contributed by atoms with Crippen LogP contribution in [-0.2, 0) is 22.6 Å². The van der Waals surface area contributed by atoms with Crippen molar-refractivity contribution in [3.05, 3.63) is 65.5 Å². The molecule has 0 saturated carbocycles. The van der Waals surface area contributed by atoms with Gasteiger partial charge in [0.2, 0.25) is 5.91 Å². The number of anilines is 1. The van der Waals surface area contributed by atoms with Gasteiger partial charge in [-0.25, -0.2) is 4.39 Å². The lowest BCUT2D eigenvalue weighted by molar-refractivity contribution is -0.167. The van der Waals surface area contributed by atoms with E-state index in [4.69, 9.17) is 0 Å². The maximum Gasteiger partial charge on any atom is 0.471 e. The Bertz CT molecular complexity index is 774. The number of alkyl halides is 3. The second-order valence-corrected chi connectivity index (χ2v) is 5.56. The summed E-state index contributed by atoms with van der Waals surface area (Å²) in [7, 11) is 0. The van der Waals surface area contributed by atoms with E-state index in [2.05, 4.69) is 5.32 Å². The lowest BCUT2D eigenvalue weighted by Crippen LogP contribution is -2.29. The number of hydrogen-bond acceptors (Lipinski definition) is 2. The number of carbonyl (C=O) groups excluding carboxylic acids is 2. The van der Waals surface area contributed by atoms with Crippen LogP contribution >= 0.6 is 0 Å². The summed E-state index contributed by atoms with van der Waals surface area (Å²) in [5.41, 5.74) is 1.38. The van der Waals surface area contributed by atoms with Gasteiger partial charge in [0.05, 0.1) is 0 Å². The maximum atomic E-state index is 13.0. The Labute approximate surface area is 147 Å². The summed E-state index contributed by atoms with van der Waals surface area (Å²) in [4.78, 5) is 22.6. The zero-order valence-electron chi connectivity index (χ0n) is 13.6. The van der Waals surface area contributed by atoms with Crippen LogP contribution in [0.15, 0.2) is 48.5 Å². The Balaban J connectivity index is 1.78. The Morgan fingerprint density at radius 1 is 0.962 bits per heavy atom. The number of hydrogen-bond donors (Lipinski definition) is 2. The van der Waals surface area contributed by atoms with E-state index in [-0.39, 0.29) is 30.4 Å². The summed E-state index contributed by atoms with van der Waals surface area (Å²) in [5, 5.41) is 4.40. The van der Waals surface area contributed by atoms with Gasteiger partial charge in [0.1, 0.15) is 5.82 Å². The number of rotatable bonds is 6. The van der Waals surface area contributed by atoms with Crippen molar-refractivity contribution in [2.45, 2.75) is 25.6 Å². The minimum atomic E-state index is -4.95. The highest BCUT2D eigenvalue weighted by atomic mass is 19.4. The number of aryl methyl sites for hydroxylation is 1. The number of amides is 2. The molecular formula is C18H16F4N2O2. The summed E-state index contributed by atoms with van der Waals surface area (Å²) < 4.78 is 49.5. The van der Waals surface area contributed by atoms with Gasteiger partial charge in [-0.2, -0.15) is 13.2 Å². The van der Waals surface area contributed by atoms with Crippen LogP contribution in [0.5, 0.6) is 0 Å². The van der Waals surface area contributed by atoms with Crippen molar-refractivity contribution in [1.29, 1.82) is 0 Å². The second-order valence-electron chi connectivity index (χ2n) is 5.56. The maximum absolute atomic E-state index is 13.0. The van der Waals surface area contributed by atoms with Crippen LogP contribution in [-0.4, -0.2) is 18.0 Å². The fraction of sp³-hybridized carbons (Fsp3) is 0.222. The zero-order chi connectivity index (χ0) is 19.2. The molecule has 2 rings (SSSR count). The van der Waals surface area contributed by atoms with Gasteiger partial charge in [0.15, 0.2) is 0 Å². The van der Waals surface area contributed by atoms with Crippen molar-refractivity contribution in [3.63, 3.8) is 0 Å². The molecule has 2 amide bonds. The lowest BCUT2D eigenvalue weighted by atomic mass is 10.1. The third-order valence-electron chi connectivity index (χ3n) is 3.49. The standard InChI is InChI=1S/C18H16F4N2O2/c19-14-3-1-2-12(10-14)6-9-16(25)23-11-13-4-7-15(8-5-13)24-17(26)18(20,21)22/h1-5,7-8,10H,6,9,11H2,(H,23,25)(H,24,26). The van der Waals surface area contributed by atoms with Crippen molar-refractivity contribution in [1.82, 2.24) is 5.32 Å².